The van der Waals surface area contributed by atoms with Crippen molar-refractivity contribution < 1.29 is 4.79 Å². The Balaban J connectivity index is 1.86. The lowest BCUT2D eigenvalue weighted by Crippen LogP contribution is -2.48. The molecular weight excluding hydrogens is 246 g/mol. The minimum absolute atomic E-state index is 0.0249. The molecule has 1 aliphatic heterocycles. The molecule has 2 N–H and O–H groups in total. The molecule has 1 fully saturated rings. The van der Waals surface area contributed by atoms with Crippen LogP contribution in [-0.2, 0) is 11.3 Å². The molecule has 0 spiro atoms. The van der Waals surface area contributed by atoms with E-state index in [2.05, 4.69) is 22.5 Å². The summed E-state index contributed by atoms with van der Waals surface area (Å²) < 4.78 is 0. The van der Waals surface area contributed by atoms with Crippen molar-refractivity contribution in [2.24, 2.45) is 5.92 Å². The Kier molecular flexibility index (Phi) is 4.35. The third-order valence-electron chi connectivity index (χ3n) is 3.41. The molecule has 0 radical (unpaired) electrons. The molecule has 18 heavy (non-hydrogen) atoms. The van der Waals surface area contributed by atoms with Gasteiger partial charge in [-0.15, -0.1) is 11.3 Å². The predicted molar refractivity (Wildman–Crippen MR) is 73.6 cm³/mol. The number of piperidine rings is 1. The van der Waals surface area contributed by atoms with E-state index in [0.717, 1.165) is 35.0 Å². The SMILES string of the molecule is Cc1nc(C)c(CNC(=O)C2CC(C)CCN2)s1. The highest BCUT2D eigenvalue weighted by Gasteiger charge is 2.24. The first kappa shape index (κ1) is 13.5. The highest BCUT2D eigenvalue weighted by atomic mass is 32.1. The Bertz CT molecular complexity index is 430. The second kappa shape index (κ2) is 5.80. The number of thiazole rings is 1. The lowest BCUT2D eigenvalue weighted by molar-refractivity contribution is -0.124. The Morgan fingerprint density at radius 2 is 2.33 bits per heavy atom. The summed E-state index contributed by atoms with van der Waals surface area (Å²) in [5, 5.41) is 7.35. The van der Waals surface area contributed by atoms with Crippen molar-refractivity contribution in [3.05, 3.63) is 15.6 Å². The zero-order chi connectivity index (χ0) is 13.1. The Morgan fingerprint density at radius 1 is 1.56 bits per heavy atom. The Morgan fingerprint density at radius 3 is 2.94 bits per heavy atom. The molecule has 0 aliphatic carbocycles. The fourth-order valence-corrected chi connectivity index (χ4v) is 3.21. The highest BCUT2D eigenvalue weighted by Crippen LogP contribution is 2.18. The molecule has 0 bridgehead atoms. The van der Waals surface area contributed by atoms with Crippen molar-refractivity contribution in [3.8, 4) is 0 Å². The minimum atomic E-state index is -0.0249. The van der Waals surface area contributed by atoms with Crippen molar-refractivity contribution >= 4 is 17.2 Å². The quantitative estimate of drug-likeness (QED) is 0.877. The molecule has 2 unspecified atom stereocenters. The average Bonchev–Trinajstić information content (AvgIpc) is 2.65. The van der Waals surface area contributed by atoms with E-state index in [-0.39, 0.29) is 11.9 Å². The van der Waals surface area contributed by atoms with E-state index in [9.17, 15) is 4.79 Å². The first-order chi connectivity index (χ1) is 8.56. The van der Waals surface area contributed by atoms with E-state index < -0.39 is 0 Å². The van der Waals surface area contributed by atoms with Crippen LogP contribution in [0.25, 0.3) is 0 Å². The van der Waals surface area contributed by atoms with Crippen molar-refractivity contribution in [1.82, 2.24) is 15.6 Å². The molecule has 1 aliphatic rings. The lowest BCUT2D eigenvalue weighted by Gasteiger charge is -2.27. The highest BCUT2D eigenvalue weighted by molar-refractivity contribution is 7.11. The molecule has 2 atom stereocenters. The molecule has 5 heteroatoms. The number of nitrogens with one attached hydrogen (secondary N) is 2. The smallest absolute Gasteiger partial charge is 0.237 e. The van der Waals surface area contributed by atoms with Gasteiger partial charge >= 0.3 is 0 Å². The van der Waals surface area contributed by atoms with Gasteiger partial charge in [0.15, 0.2) is 0 Å². The molecule has 1 aromatic rings. The van der Waals surface area contributed by atoms with Crippen LogP contribution in [0.1, 0.15) is 35.3 Å². The van der Waals surface area contributed by atoms with E-state index >= 15 is 0 Å². The van der Waals surface area contributed by atoms with Crippen LogP contribution in [0.5, 0.6) is 0 Å². The van der Waals surface area contributed by atoms with Gasteiger partial charge in [-0.1, -0.05) is 6.92 Å². The van der Waals surface area contributed by atoms with Gasteiger partial charge in [-0.2, -0.15) is 0 Å². The summed E-state index contributed by atoms with van der Waals surface area (Å²) in [6.07, 6.45) is 2.10. The summed E-state index contributed by atoms with van der Waals surface area (Å²) in [7, 11) is 0. The second-order valence-electron chi connectivity index (χ2n) is 5.10. The summed E-state index contributed by atoms with van der Waals surface area (Å²) in [6, 6.07) is -0.0249. The van der Waals surface area contributed by atoms with Crippen LogP contribution in [0.4, 0.5) is 0 Å². The molecule has 0 aromatic carbocycles. The molecule has 1 amide bonds. The number of amides is 1. The number of aryl methyl sites for hydroxylation is 2. The lowest BCUT2D eigenvalue weighted by atomic mass is 9.94. The summed E-state index contributed by atoms with van der Waals surface area (Å²) in [4.78, 5) is 17.6. The van der Waals surface area contributed by atoms with Gasteiger partial charge in [0, 0.05) is 4.88 Å². The molecule has 1 aromatic heterocycles. The van der Waals surface area contributed by atoms with Gasteiger partial charge in [-0.3, -0.25) is 4.79 Å². The van der Waals surface area contributed by atoms with Crippen LogP contribution < -0.4 is 10.6 Å². The van der Waals surface area contributed by atoms with E-state index in [1.54, 1.807) is 11.3 Å². The molecule has 0 saturated carbocycles. The van der Waals surface area contributed by atoms with Gasteiger partial charge in [0.25, 0.3) is 0 Å². The zero-order valence-electron chi connectivity index (χ0n) is 11.2. The van der Waals surface area contributed by atoms with E-state index in [0.29, 0.717) is 12.5 Å². The van der Waals surface area contributed by atoms with Crippen LogP contribution >= 0.6 is 11.3 Å². The van der Waals surface area contributed by atoms with Gasteiger partial charge in [0.1, 0.15) is 0 Å². The Labute approximate surface area is 112 Å². The van der Waals surface area contributed by atoms with E-state index in [4.69, 9.17) is 0 Å². The largest absolute Gasteiger partial charge is 0.350 e. The second-order valence-corrected chi connectivity index (χ2v) is 6.38. The first-order valence-corrected chi connectivity index (χ1v) is 7.32. The number of aromatic nitrogens is 1. The Hall–Kier alpha value is -0.940. The molecular formula is C13H21N3OS. The molecule has 2 rings (SSSR count). The van der Waals surface area contributed by atoms with Crippen LogP contribution in [-0.4, -0.2) is 23.5 Å². The number of rotatable bonds is 3. The third-order valence-corrected chi connectivity index (χ3v) is 4.48. The number of hydrogen-bond donors (Lipinski definition) is 2. The standard InChI is InChI=1S/C13H21N3OS/c1-8-4-5-14-11(6-8)13(17)15-7-12-9(2)16-10(3)18-12/h8,11,14H,4-7H2,1-3H3,(H,15,17). The maximum atomic E-state index is 12.0. The molecule has 1 saturated heterocycles. The predicted octanol–water partition coefficient (Wildman–Crippen LogP) is 1.76. The fraction of sp³-hybridized carbons (Fsp3) is 0.692. The maximum absolute atomic E-state index is 12.0. The average molecular weight is 267 g/mol. The molecule has 100 valence electrons. The van der Waals surface area contributed by atoms with Gasteiger partial charge in [-0.25, -0.2) is 4.98 Å². The van der Waals surface area contributed by atoms with Crippen molar-refractivity contribution in [3.63, 3.8) is 0 Å². The monoisotopic (exact) mass is 267 g/mol. The summed E-state index contributed by atoms with van der Waals surface area (Å²) >= 11 is 1.66. The maximum Gasteiger partial charge on any atom is 0.237 e. The van der Waals surface area contributed by atoms with E-state index in [1.807, 2.05) is 13.8 Å². The van der Waals surface area contributed by atoms with Crippen LogP contribution in [0.15, 0.2) is 0 Å². The number of carbonyl (C=O) groups is 1. The number of carbonyl (C=O) groups excluding carboxylic acids is 1. The normalized spacial score (nSPS) is 23.9. The summed E-state index contributed by atoms with van der Waals surface area (Å²) in [5.74, 6) is 0.751. The van der Waals surface area contributed by atoms with Gasteiger partial charge < -0.3 is 10.6 Å². The minimum Gasteiger partial charge on any atom is -0.350 e. The fourth-order valence-electron chi connectivity index (χ4n) is 2.34. The van der Waals surface area contributed by atoms with Gasteiger partial charge in [-0.05, 0) is 39.2 Å². The van der Waals surface area contributed by atoms with Crippen molar-refractivity contribution in [1.29, 1.82) is 0 Å². The summed E-state index contributed by atoms with van der Waals surface area (Å²) in [5.41, 5.74) is 1.03. The van der Waals surface area contributed by atoms with Gasteiger partial charge in [0.2, 0.25) is 5.91 Å². The topological polar surface area (TPSA) is 54.0 Å². The number of hydrogen-bond acceptors (Lipinski definition) is 4. The van der Waals surface area contributed by atoms with Crippen molar-refractivity contribution in [2.75, 3.05) is 6.54 Å². The van der Waals surface area contributed by atoms with Crippen LogP contribution in [0.3, 0.4) is 0 Å². The first-order valence-electron chi connectivity index (χ1n) is 6.50. The van der Waals surface area contributed by atoms with Crippen molar-refractivity contribution in [2.45, 2.75) is 46.2 Å². The number of nitrogens with zero attached hydrogens (tertiary/aromatic N) is 1. The molecule has 2 heterocycles. The van der Waals surface area contributed by atoms with Crippen LogP contribution in [0.2, 0.25) is 0 Å². The van der Waals surface area contributed by atoms with Gasteiger partial charge in [0.05, 0.1) is 23.3 Å². The third kappa shape index (κ3) is 3.29. The summed E-state index contributed by atoms with van der Waals surface area (Å²) in [6.45, 7) is 7.73. The molecule has 4 nitrogen and oxygen atoms in total. The van der Waals surface area contributed by atoms with E-state index in [1.165, 1.54) is 0 Å². The van der Waals surface area contributed by atoms with Crippen LogP contribution in [0, 0.1) is 19.8 Å². The zero-order valence-corrected chi connectivity index (χ0v) is 12.1.